The van der Waals surface area contributed by atoms with E-state index in [9.17, 15) is 9.59 Å². The number of carbonyl (C=O) groups is 1. The molecule has 0 bridgehead atoms. The summed E-state index contributed by atoms with van der Waals surface area (Å²) in [5.41, 5.74) is 1.73. The summed E-state index contributed by atoms with van der Waals surface area (Å²) in [6.45, 7) is 3.85. The highest BCUT2D eigenvalue weighted by molar-refractivity contribution is 5.93. The molecule has 15 heavy (non-hydrogen) atoms. The van der Waals surface area contributed by atoms with E-state index in [-0.39, 0.29) is 17.0 Å². The fourth-order valence-corrected chi connectivity index (χ4v) is 1.44. The van der Waals surface area contributed by atoms with E-state index in [0.29, 0.717) is 0 Å². The number of nitrogens with zero attached hydrogens (tertiary/aromatic N) is 1. The summed E-state index contributed by atoms with van der Waals surface area (Å²) >= 11 is 0. The molecule has 1 aromatic rings. The monoisotopic (exact) mass is 208 g/mol. The molecule has 4 nitrogen and oxygen atoms in total. The average Bonchev–Trinajstić information content (AvgIpc) is 2.19. The smallest absolute Gasteiger partial charge is 0.261 e. The van der Waals surface area contributed by atoms with Gasteiger partial charge in [0.25, 0.3) is 11.5 Å². The number of aryl methyl sites for hydroxylation is 2. The highest BCUT2D eigenvalue weighted by atomic mass is 16.2. The van der Waals surface area contributed by atoms with Crippen molar-refractivity contribution in [2.24, 2.45) is 0 Å². The summed E-state index contributed by atoms with van der Waals surface area (Å²) < 4.78 is 0. The third-order valence-corrected chi connectivity index (χ3v) is 2.34. The van der Waals surface area contributed by atoms with Crippen LogP contribution in [0.5, 0.6) is 0 Å². The number of aromatic amines is 1. The molecule has 0 saturated carbocycles. The van der Waals surface area contributed by atoms with Crippen molar-refractivity contribution in [2.45, 2.75) is 20.3 Å². The van der Waals surface area contributed by atoms with E-state index >= 15 is 0 Å². The number of pyridine rings is 1. The Kier molecular flexibility index (Phi) is 3.29. The molecule has 1 aromatic heterocycles. The SMILES string of the molecule is CCc1[nH]c(=O)c(C(=O)N(C)C)cc1C. The molecule has 0 aliphatic rings. The van der Waals surface area contributed by atoms with Gasteiger partial charge >= 0.3 is 0 Å². The molecule has 0 atom stereocenters. The second-order valence-electron chi connectivity index (χ2n) is 3.73. The van der Waals surface area contributed by atoms with Crippen molar-refractivity contribution in [3.63, 3.8) is 0 Å². The van der Waals surface area contributed by atoms with Crippen LogP contribution < -0.4 is 5.56 Å². The van der Waals surface area contributed by atoms with Crippen LogP contribution in [0.3, 0.4) is 0 Å². The fourth-order valence-electron chi connectivity index (χ4n) is 1.44. The van der Waals surface area contributed by atoms with Gasteiger partial charge in [-0.15, -0.1) is 0 Å². The number of nitrogens with one attached hydrogen (secondary N) is 1. The highest BCUT2D eigenvalue weighted by Crippen LogP contribution is 2.06. The Morgan fingerprint density at radius 1 is 1.47 bits per heavy atom. The van der Waals surface area contributed by atoms with Crippen LogP contribution in [0.25, 0.3) is 0 Å². The molecule has 0 aliphatic carbocycles. The van der Waals surface area contributed by atoms with Crippen LogP contribution in [0.15, 0.2) is 10.9 Å². The van der Waals surface area contributed by atoms with E-state index in [0.717, 1.165) is 17.7 Å². The third-order valence-electron chi connectivity index (χ3n) is 2.34. The lowest BCUT2D eigenvalue weighted by atomic mass is 10.1. The van der Waals surface area contributed by atoms with Crippen molar-refractivity contribution in [3.8, 4) is 0 Å². The fraction of sp³-hybridized carbons (Fsp3) is 0.455. The standard InChI is InChI=1S/C11H16N2O2/c1-5-9-7(2)6-8(10(14)12-9)11(15)13(3)4/h6H,5H2,1-4H3,(H,12,14). The molecule has 0 aliphatic heterocycles. The van der Waals surface area contributed by atoms with Crippen LogP contribution in [-0.4, -0.2) is 29.9 Å². The molecule has 1 amide bonds. The second kappa shape index (κ2) is 4.29. The second-order valence-corrected chi connectivity index (χ2v) is 3.73. The van der Waals surface area contributed by atoms with Gasteiger partial charge in [0.15, 0.2) is 0 Å². The molecule has 0 aromatic carbocycles. The van der Waals surface area contributed by atoms with E-state index in [4.69, 9.17) is 0 Å². The van der Waals surface area contributed by atoms with Gasteiger partial charge in [-0.1, -0.05) is 6.92 Å². The first-order chi connectivity index (χ1) is 6.97. The summed E-state index contributed by atoms with van der Waals surface area (Å²) in [5.74, 6) is -0.262. The molecular formula is C11H16N2O2. The zero-order valence-corrected chi connectivity index (χ0v) is 9.55. The van der Waals surface area contributed by atoms with Crippen molar-refractivity contribution < 1.29 is 4.79 Å². The zero-order chi connectivity index (χ0) is 11.6. The lowest BCUT2D eigenvalue weighted by Crippen LogP contribution is -2.29. The maximum Gasteiger partial charge on any atom is 0.261 e. The van der Waals surface area contributed by atoms with Gasteiger partial charge in [0, 0.05) is 19.8 Å². The minimum absolute atomic E-state index is 0.203. The summed E-state index contributed by atoms with van der Waals surface area (Å²) in [4.78, 5) is 27.3. The minimum Gasteiger partial charge on any atom is -0.345 e. The lowest BCUT2D eigenvalue weighted by molar-refractivity contribution is 0.0825. The molecule has 1 heterocycles. The van der Waals surface area contributed by atoms with Crippen molar-refractivity contribution in [3.05, 3.63) is 33.2 Å². The summed E-state index contributed by atoms with van der Waals surface area (Å²) in [5, 5.41) is 0. The van der Waals surface area contributed by atoms with Crippen molar-refractivity contribution in [1.29, 1.82) is 0 Å². The third kappa shape index (κ3) is 2.26. The summed E-state index contributed by atoms with van der Waals surface area (Å²) in [7, 11) is 3.26. The molecule has 0 radical (unpaired) electrons. The van der Waals surface area contributed by atoms with Crippen molar-refractivity contribution >= 4 is 5.91 Å². The summed E-state index contributed by atoms with van der Waals surface area (Å²) in [6.07, 6.45) is 0.761. The van der Waals surface area contributed by atoms with Crippen LogP contribution in [0.1, 0.15) is 28.5 Å². The van der Waals surface area contributed by atoms with E-state index in [1.165, 1.54) is 4.90 Å². The molecular weight excluding hydrogens is 192 g/mol. The number of carbonyl (C=O) groups excluding carboxylic acids is 1. The molecule has 1 rings (SSSR count). The van der Waals surface area contributed by atoms with E-state index in [2.05, 4.69) is 4.98 Å². The predicted octanol–water partition coefficient (Wildman–Crippen LogP) is 0.948. The van der Waals surface area contributed by atoms with E-state index in [1.807, 2.05) is 13.8 Å². The normalized spacial score (nSPS) is 10.1. The molecule has 0 saturated heterocycles. The predicted molar refractivity (Wildman–Crippen MR) is 59.2 cm³/mol. The Morgan fingerprint density at radius 2 is 2.07 bits per heavy atom. The van der Waals surface area contributed by atoms with Crippen molar-refractivity contribution in [1.82, 2.24) is 9.88 Å². The van der Waals surface area contributed by atoms with Gasteiger partial charge in [-0.2, -0.15) is 0 Å². The number of hydrogen-bond donors (Lipinski definition) is 1. The van der Waals surface area contributed by atoms with E-state index in [1.54, 1.807) is 20.2 Å². The van der Waals surface area contributed by atoms with Crippen LogP contribution >= 0.6 is 0 Å². The number of amides is 1. The van der Waals surface area contributed by atoms with Crippen LogP contribution in [0.2, 0.25) is 0 Å². The first-order valence-electron chi connectivity index (χ1n) is 4.91. The van der Waals surface area contributed by atoms with Crippen LogP contribution in [0, 0.1) is 6.92 Å². The molecule has 1 N–H and O–H groups in total. The Hall–Kier alpha value is -1.58. The Labute approximate surface area is 88.9 Å². The molecule has 0 spiro atoms. The Balaban J connectivity index is 3.28. The quantitative estimate of drug-likeness (QED) is 0.786. The first-order valence-corrected chi connectivity index (χ1v) is 4.91. The average molecular weight is 208 g/mol. The van der Waals surface area contributed by atoms with Gasteiger partial charge in [0.2, 0.25) is 0 Å². The van der Waals surface area contributed by atoms with Crippen LogP contribution in [0.4, 0.5) is 0 Å². The van der Waals surface area contributed by atoms with Gasteiger partial charge in [-0.25, -0.2) is 0 Å². The molecule has 0 unspecified atom stereocenters. The molecule has 82 valence electrons. The largest absolute Gasteiger partial charge is 0.345 e. The summed E-state index contributed by atoms with van der Waals surface area (Å²) in [6, 6.07) is 1.65. The Bertz CT molecular complexity index is 433. The van der Waals surface area contributed by atoms with Gasteiger partial charge in [-0.3, -0.25) is 9.59 Å². The molecule has 4 heteroatoms. The number of H-pyrrole nitrogens is 1. The van der Waals surface area contributed by atoms with Gasteiger partial charge in [0.1, 0.15) is 5.56 Å². The maximum atomic E-state index is 11.6. The zero-order valence-electron chi connectivity index (χ0n) is 9.55. The van der Waals surface area contributed by atoms with E-state index < -0.39 is 0 Å². The van der Waals surface area contributed by atoms with Gasteiger partial charge in [-0.05, 0) is 25.0 Å². The highest BCUT2D eigenvalue weighted by Gasteiger charge is 2.13. The van der Waals surface area contributed by atoms with Crippen LogP contribution in [-0.2, 0) is 6.42 Å². The van der Waals surface area contributed by atoms with Gasteiger partial charge < -0.3 is 9.88 Å². The number of hydrogen-bond acceptors (Lipinski definition) is 2. The first kappa shape index (κ1) is 11.5. The number of rotatable bonds is 2. The topological polar surface area (TPSA) is 53.2 Å². The van der Waals surface area contributed by atoms with Gasteiger partial charge in [0.05, 0.1) is 0 Å². The Morgan fingerprint density at radius 3 is 2.53 bits per heavy atom. The van der Waals surface area contributed by atoms with Crippen molar-refractivity contribution in [2.75, 3.05) is 14.1 Å². The number of aromatic nitrogens is 1. The maximum absolute atomic E-state index is 11.6. The lowest BCUT2D eigenvalue weighted by Gasteiger charge is -2.11. The molecule has 0 fully saturated rings. The minimum atomic E-state index is -0.309.